The van der Waals surface area contributed by atoms with E-state index in [9.17, 15) is 0 Å². The van der Waals surface area contributed by atoms with Gasteiger partial charge in [0.1, 0.15) is 27.9 Å². The number of anilines is 1. The van der Waals surface area contributed by atoms with Crippen LogP contribution in [0.3, 0.4) is 0 Å². The first kappa shape index (κ1) is 12.5. The molecule has 2 rings (SSSR count). The van der Waals surface area contributed by atoms with Gasteiger partial charge in [-0.2, -0.15) is 0 Å². The second kappa shape index (κ2) is 5.14. The number of ether oxygens (including phenoxy) is 3. The molecule has 0 aliphatic heterocycles. The smallest absolute Gasteiger partial charge is 0.135 e. The van der Waals surface area contributed by atoms with Crippen LogP contribution < -0.4 is 19.9 Å². The third kappa shape index (κ3) is 2.06. The summed E-state index contributed by atoms with van der Waals surface area (Å²) in [6.45, 7) is 0. The van der Waals surface area contributed by atoms with Crippen molar-refractivity contribution in [1.82, 2.24) is 4.98 Å². The van der Waals surface area contributed by atoms with Gasteiger partial charge in [0.25, 0.3) is 0 Å². The van der Waals surface area contributed by atoms with Gasteiger partial charge in [0, 0.05) is 12.1 Å². The molecule has 1 aromatic carbocycles. The highest BCUT2D eigenvalue weighted by atomic mass is 32.1. The Bertz CT molecular complexity index is 529. The van der Waals surface area contributed by atoms with Crippen molar-refractivity contribution in [1.29, 1.82) is 0 Å². The van der Waals surface area contributed by atoms with E-state index in [2.05, 4.69) is 4.98 Å². The van der Waals surface area contributed by atoms with Crippen LogP contribution in [0.1, 0.15) is 0 Å². The molecule has 1 heterocycles. The Morgan fingerprint density at radius 3 is 2.06 bits per heavy atom. The maximum Gasteiger partial charge on any atom is 0.135 e. The summed E-state index contributed by atoms with van der Waals surface area (Å²) in [6.07, 6.45) is 0. The molecule has 96 valence electrons. The fourth-order valence-corrected chi connectivity index (χ4v) is 2.22. The first-order valence-electron chi connectivity index (χ1n) is 5.20. The van der Waals surface area contributed by atoms with Crippen molar-refractivity contribution in [3.05, 3.63) is 17.6 Å². The SMILES string of the molecule is COc1cc(OC)c(-c2ncsc2N)c(OC)c1. The lowest BCUT2D eigenvalue weighted by Crippen LogP contribution is -1.97. The van der Waals surface area contributed by atoms with Gasteiger partial charge in [-0.15, -0.1) is 11.3 Å². The molecule has 2 aromatic rings. The summed E-state index contributed by atoms with van der Waals surface area (Å²) in [5.74, 6) is 1.88. The first-order valence-corrected chi connectivity index (χ1v) is 6.08. The zero-order valence-electron chi connectivity index (χ0n) is 10.4. The van der Waals surface area contributed by atoms with E-state index in [1.807, 2.05) is 0 Å². The average Bonchev–Trinajstić information content (AvgIpc) is 2.82. The van der Waals surface area contributed by atoms with Gasteiger partial charge in [-0.25, -0.2) is 4.98 Å². The minimum atomic E-state index is 0.615. The summed E-state index contributed by atoms with van der Waals surface area (Å²) in [5, 5.41) is 0.622. The summed E-state index contributed by atoms with van der Waals surface area (Å²) in [4.78, 5) is 4.25. The van der Waals surface area contributed by atoms with Crippen LogP contribution in [0.5, 0.6) is 17.2 Å². The number of thiazole rings is 1. The van der Waals surface area contributed by atoms with Crippen molar-refractivity contribution in [2.45, 2.75) is 0 Å². The standard InChI is InChI=1S/C12H14N2O3S/c1-15-7-4-8(16-2)10(9(5-7)17-3)11-12(13)18-6-14-11/h4-6H,13H2,1-3H3. The highest BCUT2D eigenvalue weighted by Crippen LogP contribution is 2.43. The van der Waals surface area contributed by atoms with Crippen molar-refractivity contribution >= 4 is 16.3 Å². The van der Waals surface area contributed by atoms with E-state index in [1.54, 1.807) is 39.0 Å². The molecule has 0 atom stereocenters. The first-order chi connectivity index (χ1) is 8.71. The van der Waals surface area contributed by atoms with E-state index >= 15 is 0 Å². The van der Waals surface area contributed by atoms with Crippen molar-refractivity contribution in [3.8, 4) is 28.5 Å². The molecular formula is C12H14N2O3S. The summed E-state index contributed by atoms with van der Waals surface area (Å²) in [7, 11) is 4.76. The van der Waals surface area contributed by atoms with Crippen LogP contribution in [-0.2, 0) is 0 Å². The number of hydrogen-bond acceptors (Lipinski definition) is 6. The predicted molar refractivity (Wildman–Crippen MR) is 71.6 cm³/mol. The maximum atomic E-state index is 5.90. The van der Waals surface area contributed by atoms with E-state index in [4.69, 9.17) is 19.9 Å². The van der Waals surface area contributed by atoms with Crippen LogP contribution in [0.25, 0.3) is 11.3 Å². The third-order valence-electron chi connectivity index (χ3n) is 2.55. The summed E-state index contributed by atoms with van der Waals surface area (Å²) >= 11 is 1.37. The molecule has 1 aromatic heterocycles. The number of nitrogens with two attached hydrogens (primary N) is 1. The lowest BCUT2D eigenvalue weighted by atomic mass is 10.1. The van der Waals surface area contributed by atoms with Gasteiger partial charge in [0.15, 0.2) is 0 Å². The number of hydrogen-bond donors (Lipinski definition) is 1. The quantitative estimate of drug-likeness (QED) is 0.920. The molecule has 5 nitrogen and oxygen atoms in total. The third-order valence-corrected chi connectivity index (χ3v) is 3.20. The second-order valence-electron chi connectivity index (χ2n) is 3.47. The minimum Gasteiger partial charge on any atom is -0.496 e. The topological polar surface area (TPSA) is 66.6 Å². The Hall–Kier alpha value is -1.95. The van der Waals surface area contributed by atoms with Crippen LogP contribution in [0.4, 0.5) is 5.00 Å². The Morgan fingerprint density at radius 1 is 1.06 bits per heavy atom. The molecule has 0 saturated heterocycles. The van der Waals surface area contributed by atoms with Gasteiger partial charge in [-0.3, -0.25) is 0 Å². The molecular weight excluding hydrogens is 252 g/mol. The molecule has 0 aliphatic rings. The molecule has 18 heavy (non-hydrogen) atoms. The van der Waals surface area contributed by atoms with E-state index in [1.165, 1.54) is 11.3 Å². The molecule has 0 saturated carbocycles. The zero-order chi connectivity index (χ0) is 13.1. The Morgan fingerprint density at radius 2 is 1.67 bits per heavy atom. The summed E-state index contributed by atoms with van der Waals surface area (Å²) in [5.41, 5.74) is 8.99. The lowest BCUT2D eigenvalue weighted by molar-refractivity contribution is 0.377. The minimum absolute atomic E-state index is 0.615. The van der Waals surface area contributed by atoms with Gasteiger partial charge in [-0.1, -0.05) is 0 Å². The highest BCUT2D eigenvalue weighted by molar-refractivity contribution is 7.14. The molecule has 0 radical (unpaired) electrons. The average molecular weight is 266 g/mol. The van der Waals surface area contributed by atoms with Crippen LogP contribution in [0, 0.1) is 0 Å². The number of nitrogen functional groups attached to an aromatic ring is 1. The summed E-state index contributed by atoms with van der Waals surface area (Å²) < 4.78 is 15.9. The lowest BCUT2D eigenvalue weighted by Gasteiger charge is -2.14. The number of methoxy groups -OCH3 is 3. The molecule has 0 spiro atoms. The second-order valence-corrected chi connectivity index (χ2v) is 4.36. The van der Waals surface area contributed by atoms with E-state index < -0.39 is 0 Å². The fourth-order valence-electron chi connectivity index (χ4n) is 1.68. The molecule has 6 heteroatoms. The Kier molecular flexibility index (Phi) is 3.57. The number of aromatic nitrogens is 1. The molecule has 0 amide bonds. The Balaban J connectivity index is 2.68. The largest absolute Gasteiger partial charge is 0.496 e. The maximum absolute atomic E-state index is 5.90. The zero-order valence-corrected chi connectivity index (χ0v) is 11.2. The molecule has 0 bridgehead atoms. The van der Waals surface area contributed by atoms with Crippen LogP contribution >= 0.6 is 11.3 Å². The molecule has 0 fully saturated rings. The van der Waals surface area contributed by atoms with Crippen LogP contribution in [0.15, 0.2) is 17.6 Å². The van der Waals surface area contributed by atoms with Gasteiger partial charge >= 0.3 is 0 Å². The van der Waals surface area contributed by atoms with Crippen molar-refractivity contribution in [2.24, 2.45) is 0 Å². The van der Waals surface area contributed by atoms with Gasteiger partial charge in [0.05, 0.1) is 32.4 Å². The normalized spacial score (nSPS) is 10.2. The number of benzene rings is 1. The highest BCUT2D eigenvalue weighted by Gasteiger charge is 2.19. The van der Waals surface area contributed by atoms with E-state index in [0.29, 0.717) is 27.9 Å². The van der Waals surface area contributed by atoms with Crippen molar-refractivity contribution < 1.29 is 14.2 Å². The fraction of sp³-hybridized carbons (Fsp3) is 0.250. The van der Waals surface area contributed by atoms with Gasteiger partial charge < -0.3 is 19.9 Å². The predicted octanol–water partition coefficient (Wildman–Crippen LogP) is 2.42. The Labute approximate surface area is 109 Å². The van der Waals surface area contributed by atoms with Gasteiger partial charge in [-0.05, 0) is 0 Å². The van der Waals surface area contributed by atoms with Crippen LogP contribution in [-0.4, -0.2) is 26.3 Å². The van der Waals surface area contributed by atoms with E-state index in [0.717, 1.165) is 5.56 Å². The van der Waals surface area contributed by atoms with E-state index in [-0.39, 0.29) is 0 Å². The van der Waals surface area contributed by atoms with Crippen molar-refractivity contribution in [3.63, 3.8) is 0 Å². The van der Waals surface area contributed by atoms with Crippen molar-refractivity contribution in [2.75, 3.05) is 27.1 Å². The molecule has 0 aliphatic carbocycles. The van der Waals surface area contributed by atoms with Crippen LogP contribution in [0.2, 0.25) is 0 Å². The summed E-state index contributed by atoms with van der Waals surface area (Å²) in [6, 6.07) is 3.55. The number of rotatable bonds is 4. The van der Waals surface area contributed by atoms with Gasteiger partial charge in [0.2, 0.25) is 0 Å². The number of nitrogens with zero attached hydrogens (tertiary/aromatic N) is 1. The molecule has 2 N–H and O–H groups in total. The monoisotopic (exact) mass is 266 g/mol. The molecule has 0 unspecified atom stereocenters.